The van der Waals surface area contributed by atoms with E-state index in [1.807, 2.05) is 0 Å². The normalized spacial score (nSPS) is 13.1. The first-order valence-corrected chi connectivity index (χ1v) is 5.46. The summed E-state index contributed by atoms with van der Waals surface area (Å²) in [5.74, 6) is 0. The number of rotatable bonds is 5. The highest BCUT2D eigenvalue weighted by Crippen LogP contribution is 2.16. The highest BCUT2D eigenvalue weighted by Gasteiger charge is 2.10. The van der Waals surface area contributed by atoms with Crippen LogP contribution in [0.25, 0.3) is 0 Å². The van der Waals surface area contributed by atoms with Gasteiger partial charge in [-0.25, -0.2) is 0 Å². The smallest absolute Gasteiger partial charge is 0.0945 e. The van der Waals surface area contributed by atoms with E-state index in [2.05, 4.69) is 50.4 Å². The topological polar surface area (TPSA) is 21.3 Å². The van der Waals surface area contributed by atoms with Gasteiger partial charge in [0.1, 0.15) is 0 Å². The van der Waals surface area contributed by atoms with Crippen LogP contribution in [-0.4, -0.2) is 19.7 Å². The second-order valence-electron chi connectivity index (χ2n) is 4.20. The Labute approximate surface area is 92.6 Å². The molecule has 0 aliphatic carbocycles. The van der Waals surface area contributed by atoms with Crippen LogP contribution >= 0.6 is 0 Å². The summed E-state index contributed by atoms with van der Waals surface area (Å²) in [7, 11) is 1.76. The number of benzene rings is 1. The lowest BCUT2D eigenvalue weighted by atomic mass is 10.1. The summed E-state index contributed by atoms with van der Waals surface area (Å²) < 4.78 is 5.48. The summed E-state index contributed by atoms with van der Waals surface area (Å²) >= 11 is 0. The number of hydrogen-bond donors (Lipinski definition) is 1. The van der Waals surface area contributed by atoms with Crippen molar-refractivity contribution in [2.45, 2.75) is 32.9 Å². The van der Waals surface area contributed by atoms with E-state index in [1.54, 1.807) is 7.11 Å². The average molecular weight is 207 g/mol. The molecule has 1 rings (SSSR count). The third-order valence-electron chi connectivity index (χ3n) is 2.41. The van der Waals surface area contributed by atoms with Crippen LogP contribution in [0.5, 0.6) is 0 Å². The van der Waals surface area contributed by atoms with Gasteiger partial charge in [0.15, 0.2) is 0 Å². The molecule has 0 amide bonds. The van der Waals surface area contributed by atoms with Crippen molar-refractivity contribution in [1.82, 2.24) is 5.32 Å². The van der Waals surface area contributed by atoms with Crippen molar-refractivity contribution in [3.05, 3.63) is 35.4 Å². The van der Waals surface area contributed by atoms with E-state index < -0.39 is 0 Å². The number of ether oxygens (including phenoxy) is 1. The van der Waals surface area contributed by atoms with Crippen molar-refractivity contribution in [2.24, 2.45) is 0 Å². The standard InChI is InChI=1S/C13H21NO/c1-10(2)14-9-13(15-4)12-7-5-6-11(3)8-12/h5-8,10,13-14H,9H2,1-4H3. The van der Waals surface area contributed by atoms with Crippen LogP contribution in [-0.2, 0) is 4.74 Å². The van der Waals surface area contributed by atoms with Crippen LogP contribution in [0.4, 0.5) is 0 Å². The summed E-state index contributed by atoms with van der Waals surface area (Å²) in [5.41, 5.74) is 2.52. The maximum Gasteiger partial charge on any atom is 0.0945 e. The molecule has 2 heteroatoms. The van der Waals surface area contributed by atoms with Gasteiger partial charge in [0.2, 0.25) is 0 Å². The van der Waals surface area contributed by atoms with E-state index >= 15 is 0 Å². The zero-order valence-electron chi connectivity index (χ0n) is 10.1. The van der Waals surface area contributed by atoms with Crippen LogP contribution in [0.15, 0.2) is 24.3 Å². The second kappa shape index (κ2) is 5.89. The van der Waals surface area contributed by atoms with E-state index in [9.17, 15) is 0 Å². The SMILES string of the molecule is COC(CNC(C)C)c1cccc(C)c1. The Balaban J connectivity index is 2.65. The average Bonchev–Trinajstić information content (AvgIpc) is 2.18. The first kappa shape index (κ1) is 12.2. The Kier molecular flexibility index (Phi) is 4.79. The molecule has 0 saturated carbocycles. The van der Waals surface area contributed by atoms with Gasteiger partial charge in [-0.15, -0.1) is 0 Å². The molecule has 0 aliphatic heterocycles. The molecule has 0 spiro atoms. The molecule has 0 heterocycles. The highest BCUT2D eigenvalue weighted by atomic mass is 16.5. The van der Waals surface area contributed by atoms with Crippen LogP contribution in [0.1, 0.15) is 31.1 Å². The molecule has 0 aromatic heterocycles. The summed E-state index contributed by atoms with van der Waals surface area (Å²) in [6, 6.07) is 8.96. The molecule has 1 atom stereocenters. The van der Waals surface area contributed by atoms with Crippen molar-refractivity contribution in [3.63, 3.8) is 0 Å². The van der Waals surface area contributed by atoms with Gasteiger partial charge >= 0.3 is 0 Å². The molecular weight excluding hydrogens is 186 g/mol. The molecule has 0 fully saturated rings. The molecule has 0 bridgehead atoms. The van der Waals surface area contributed by atoms with E-state index in [4.69, 9.17) is 4.74 Å². The molecule has 84 valence electrons. The molecule has 0 aliphatic rings. The quantitative estimate of drug-likeness (QED) is 0.801. The van der Waals surface area contributed by atoms with Gasteiger partial charge in [-0.3, -0.25) is 0 Å². The molecule has 1 N–H and O–H groups in total. The molecule has 0 radical (unpaired) electrons. The van der Waals surface area contributed by atoms with Crippen LogP contribution < -0.4 is 5.32 Å². The Hall–Kier alpha value is -0.860. The molecule has 1 unspecified atom stereocenters. The molecule has 2 nitrogen and oxygen atoms in total. The fourth-order valence-corrected chi connectivity index (χ4v) is 1.55. The highest BCUT2D eigenvalue weighted by molar-refractivity contribution is 5.24. The third kappa shape index (κ3) is 4.02. The largest absolute Gasteiger partial charge is 0.375 e. The van der Waals surface area contributed by atoms with Gasteiger partial charge in [-0.1, -0.05) is 43.7 Å². The number of hydrogen-bond acceptors (Lipinski definition) is 2. The fraction of sp³-hybridized carbons (Fsp3) is 0.538. The van der Waals surface area contributed by atoms with E-state index in [0.717, 1.165) is 6.54 Å². The van der Waals surface area contributed by atoms with Gasteiger partial charge in [-0.2, -0.15) is 0 Å². The van der Waals surface area contributed by atoms with Gasteiger partial charge in [0.25, 0.3) is 0 Å². The van der Waals surface area contributed by atoms with Crippen molar-refractivity contribution < 1.29 is 4.74 Å². The molecule has 15 heavy (non-hydrogen) atoms. The van der Waals surface area contributed by atoms with Crippen LogP contribution in [0.2, 0.25) is 0 Å². The van der Waals surface area contributed by atoms with Crippen molar-refractivity contribution >= 4 is 0 Å². The Morgan fingerprint density at radius 3 is 2.60 bits per heavy atom. The zero-order chi connectivity index (χ0) is 11.3. The van der Waals surface area contributed by atoms with Crippen molar-refractivity contribution in [3.8, 4) is 0 Å². The summed E-state index contributed by atoms with van der Waals surface area (Å²) in [5, 5.41) is 3.39. The molecule has 1 aromatic carbocycles. The first-order valence-electron chi connectivity index (χ1n) is 5.46. The Morgan fingerprint density at radius 1 is 1.33 bits per heavy atom. The maximum absolute atomic E-state index is 5.48. The monoisotopic (exact) mass is 207 g/mol. The predicted octanol–water partition coefficient (Wildman–Crippen LogP) is 2.68. The van der Waals surface area contributed by atoms with E-state index in [-0.39, 0.29) is 6.10 Å². The number of aryl methyl sites for hydroxylation is 1. The van der Waals surface area contributed by atoms with Crippen molar-refractivity contribution in [2.75, 3.05) is 13.7 Å². The Bertz CT molecular complexity index is 296. The van der Waals surface area contributed by atoms with Gasteiger partial charge < -0.3 is 10.1 Å². The maximum atomic E-state index is 5.48. The summed E-state index contributed by atoms with van der Waals surface area (Å²) in [6.07, 6.45) is 0.146. The molecule has 1 aromatic rings. The minimum Gasteiger partial charge on any atom is -0.375 e. The van der Waals surface area contributed by atoms with E-state index in [0.29, 0.717) is 6.04 Å². The lowest BCUT2D eigenvalue weighted by Gasteiger charge is -2.18. The van der Waals surface area contributed by atoms with Crippen LogP contribution in [0, 0.1) is 6.92 Å². The fourth-order valence-electron chi connectivity index (χ4n) is 1.55. The molecule has 0 saturated heterocycles. The summed E-state index contributed by atoms with van der Waals surface area (Å²) in [4.78, 5) is 0. The Morgan fingerprint density at radius 2 is 2.07 bits per heavy atom. The van der Waals surface area contributed by atoms with Gasteiger partial charge in [0.05, 0.1) is 6.10 Å². The third-order valence-corrected chi connectivity index (χ3v) is 2.41. The van der Waals surface area contributed by atoms with Gasteiger partial charge in [-0.05, 0) is 12.5 Å². The number of nitrogens with one attached hydrogen (secondary N) is 1. The predicted molar refractivity (Wildman–Crippen MR) is 64.1 cm³/mol. The molecular formula is C13H21NO. The summed E-state index contributed by atoms with van der Waals surface area (Å²) in [6.45, 7) is 7.25. The minimum absolute atomic E-state index is 0.146. The minimum atomic E-state index is 0.146. The zero-order valence-corrected chi connectivity index (χ0v) is 10.1. The van der Waals surface area contributed by atoms with Crippen LogP contribution in [0.3, 0.4) is 0 Å². The van der Waals surface area contributed by atoms with E-state index in [1.165, 1.54) is 11.1 Å². The lowest BCUT2D eigenvalue weighted by molar-refractivity contribution is 0.100. The van der Waals surface area contributed by atoms with Gasteiger partial charge in [0, 0.05) is 19.7 Å². The number of methoxy groups -OCH3 is 1. The lowest BCUT2D eigenvalue weighted by Crippen LogP contribution is -2.28. The van der Waals surface area contributed by atoms with Crippen molar-refractivity contribution in [1.29, 1.82) is 0 Å². The first-order chi connectivity index (χ1) is 7.13. The second-order valence-corrected chi connectivity index (χ2v) is 4.20.